The number of piperazine rings is 1. The Bertz CT molecular complexity index is 487. The van der Waals surface area contributed by atoms with Crippen LogP contribution >= 0.6 is 0 Å². The Kier molecular flexibility index (Phi) is 4.45. The van der Waals surface area contributed by atoms with E-state index in [0.29, 0.717) is 12.1 Å². The normalized spacial score (nSPS) is 23.6. The van der Waals surface area contributed by atoms with E-state index in [4.69, 9.17) is 0 Å². The summed E-state index contributed by atoms with van der Waals surface area (Å²) >= 11 is 0. The molecule has 4 heteroatoms. The highest BCUT2D eigenvalue weighted by Gasteiger charge is 2.24. The largest absolute Gasteiger partial charge is 0.366 e. The van der Waals surface area contributed by atoms with E-state index in [9.17, 15) is 4.39 Å². The third-order valence-electron chi connectivity index (χ3n) is 4.70. The van der Waals surface area contributed by atoms with E-state index in [0.717, 1.165) is 44.0 Å². The van der Waals surface area contributed by atoms with Gasteiger partial charge in [-0.3, -0.25) is 4.90 Å². The minimum absolute atomic E-state index is 0.0813. The lowest BCUT2D eigenvalue weighted by molar-refractivity contribution is 0.199. The zero-order chi connectivity index (χ0) is 14.8. The summed E-state index contributed by atoms with van der Waals surface area (Å²) in [6.45, 7) is 9.10. The first-order chi connectivity index (χ1) is 10.2. The summed E-state index contributed by atoms with van der Waals surface area (Å²) in [7, 11) is 0. The first kappa shape index (κ1) is 14.8. The average Bonchev–Trinajstić information content (AvgIpc) is 3.29. The monoisotopic (exact) mass is 291 g/mol. The van der Waals surface area contributed by atoms with E-state index in [1.165, 1.54) is 12.8 Å². The fourth-order valence-corrected chi connectivity index (χ4v) is 3.15. The summed E-state index contributed by atoms with van der Waals surface area (Å²) in [5.74, 6) is -0.0813. The van der Waals surface area contributed by atoms with E-state index in [-0.39, 0.29) is 5.82 Å². The Labute approximate surface area is 127 Å². The molecule has 0 amide bonds. The maximum atomic E-state index is 14.4. The second-order valence-electron chi connectivity index (χ2n) is 6.36. The van der Waals surface area contributed by atoms with Gasteiger partial charge >= 0.3 is 0 Å². The van der Waals surface area contributed by atoms with Crippen molar-refractivity contribution >= 4 is 5.69 Å². The fourth-order valence-electron chi connectivity index (χ4n) is 3.15. The molecule has 21 heavy (non-hydrogen) atoms. The van der Waals surface area contributed by atoms with Crippen molar-refractivity contribution in [2.24, 2.45) is 0 Å². The minimum Gasteiger partial charge on any atom is -0.366 e. The molecule has 1 aliphatic carbocycles. The molecule has 1 aromatic rings. The van der Waals surface area contributed by atoms with Crippen molar-refractivity contribution in [1.29, 1.82) is 0 Å². The van der Waals surface area contributed by atoms with Crippen LogP contribution in [0, 0.1) is 5.82 Å². The van der Waals surface area contributed by atoms with Gasteiger partial charge in [-0.2, -0.15) is 0 Å². The predicted molar refractivity (Wildman–Crippen MR) is 85.2 cm³/mol. The number of hydrogen-bond donors (Lipinski definition) is 1. The van der Waals surface area contributed by atoms with Crippen LogP contribution in [0.4, 0.5) is 10.1 Å². The molecule has 2 aliphatic rings. The summed E-state index contributed by atoms with van der Waals surface area (Å²) in [6.07, 6.45) is 2.53. The number of anilines is 1. The highest BCUT2D eigenvalue weighted by molar-refractivity contribution is 5.50. The average molecular weight is 291 g/mol. The van der Waals surface area contributed by atoms with Gasteiger partial charge in [-0.15, -0.1) is 0 Å². The number of halogens is 1. The van der Waals surface area contributed by atoms with Crippen LogP contribution in [0.1, 0.15) is 32.3 Å². The minimum atomic E-state index is -0.0813. The van der Waals surface area contributed by atoms with Crippen molar-refractivity contribution < 1.29 is 4.39 Å². The number of benzene rings is 1. The molecule has 1 aliphatic heterocycles. The maximum Gasteiger partial charge on any atom is 0.146 e. The molecule has 116 valence electrons. The van der Waals surface area contributed by atoms with Gasteiger partial charge in [-0.25, -0.2) is 4.39 Å². The standard InChI is InChI=1S/C17H26FN3/c1-3-20-8-9-21(12-13(20)2)17-7-4-14(10-16(17)18)11-19-15-5-6-15/h4,7,10,13,15,19H,3,5-6,8-9,11-12H2,1-2H3. The van der Waals surface area contributed by atoms with Gasteiger partial charge in [-0.1, -0.05) is 13.0 Å². The van der Waals surface area contributed by atoms with Gasteiger partial charge in [0.1, 0.15) is 5.82 Å². The Hall–Kier alpha value is -1.13. The van der Waals surface area contributed by atoms with Gasteiger partial charge in [-0.05, 0) is 44.0 Å². The van der Waals surface area contributed by atoms with E-state index >= 15 is 0 Å². The van der Waals surface area contributed by atoms with Crippen LogP contribution in [0.2, 0.25) is 0 Å². The topological polar surface area (TPSA) is 18.5 Å². The first-order valence-electron chi connectivity index (χ1n) is 8.18. The molecule has 1 heterocycles. The van der Waals surface area contributed by atoms with Gasteiger partial charge in [0.05, 0.1) is 5.69 Å². The predicted octanol–water partition coefficient (Wildman–Crippen LogP) is 2.61. The van der Waals surface area contributed by atoms with Crippen molar-refractivity contribution in [3.05, 3.63) is 29.6 Å². The van der Waals surface area contributed by atoms with Crippen LogP contribution in [0.5, 0.6) is 0 Å². The fraction of sp³-hybridized carbons (Fsp3) is 0.647. The van der Waals surface area contributed by atoms with Gasteiger partial charge in [0.15, 0.2) is 0 Å². The van der Waals surface area contributed by atoms with E-state index in [1.54, 1.807) is 6.07 Å². The molecule has 0 radical (unpaired) electrons. The third-order valence-corrected chi connectivity index (χ3v) is 4.70. The number of likely N-dealkylation sites (N-methyl/N-ethyl adjacent to an activating group) is 1. The van der Waals surface area contributed by atoms with Crippen molar-refractivity contribution in [3.8, 4) is 0 Å². The van der Waals surface area contributed by atoms with Crippen molar-refractivity contribution in [1.82, 2.24) is 10.2 Å². The number of hydrogen-bond acceptors (Lipinski definition) is 3. The van der Waals surface area contributed by atoms with Crippen LogP contribution in [0.15, 0.2) is 18.2 Å². The van der Waals surface area contributed by atoms with Crippen LogP contribution in [-0.4, -0.2) is 43.2 Å². The van der Waals surface area contributed by atoms with E-state index < -0.39 is 0 Å². The molecule has 1 unspecified atom stereocenters. The zero-order valence-electron chi connectivity index (χ0n) is 13.1. The lowest BCUT2D eigenvalue weighted by Gasteiger charge is -2.40. The molecule has 0 aromatic heterocycles. The zero-order valence-corrected chi connectivity index (χ0v) is 13.1. The molecule has 1 saturated heterocycles. The highest BCUT2D eigenvalue weighted by atomic mass is 19.1. The molecule has 0 bridgehead atoms. The second kappa shape index (κ2) is 6.32. The summed E-state index contributed by atoms with van der Waals surface area (Å²) in [5.41, 5.74) is 1.80. The Morgan fingerprint density at radius 1 is 1.29 bits per heavy atom. The summed E-state index contributed by atoms with van der Waals surface area (Å²) in [5, 5.41) is 3.43. The van der Waals surface area contributed by atoms with Gasteiger partial charge in [0.2, 0.25) is 0 Å². The van der Waals surface area contributed by atoms with Crippen LogP contribution < -0.4 is 10.2 Å². The summed E-state index contributed by atoms with van der Waals surface area (Å²) in [6, 6.07) is 6.86. The van der Waals surface area contributed by atoms with Crippen LogP contribution in [-0.2, 0) is 6.54 Å². The molecule has 1 saturated carbocycles. The molecule has 1 aromatic carbocycles. The Balaban J connectivity index is 1.64. The lowest BCUT2D eigenvalue weighted by Crippen LogP contribution is -2.52. The molecular formula is C17H26FN3. The third kappa shape index (κ3) is 3.55. The molecule has 2 fully saturated rings. The highest BCUT2D eigenvalue weighted by Crippen LogP contribution is 2.24. The van der Waals surface area contributed by atoms with E-state index in [1.807, 2.05) is 6.07 Å². The smallest absolute Gasteiger partial charge is 0.146 e. The SMILES string of the molecule is CCN1CCN(c2ccc(CNC3CC3)cc2F)CC1C. The number of nitrogens with zero attached hydrogens (tertiary/aromatic N) is 2. The molecule has 1 atom stereocenters. The number of nitrogens with one attached hydrogen (secondary N) is 1. The molecule has 3 rings (SSSR count). The molecule has 3 nitrogen and oxygen atoms in total. The summed E-state index contributed by atoms with van der Waals surface area (Å²) in [4.78, 5) is 4.63. The first-order valence-corrected chi connectivity index (χ1v) is 8.18. The van der Waals surface area contributed by atoms with Crippen molar-refractivity contribution in [3.63, 3.8) is 0 Å². The Morgan fingerprint density at radius 2 is 2.10 bits per heavy atom. The van der Waals surface area contributed by atoms with Gasteiger partial charge in [0, 0.05) is 38.3 Å². The molecule has 0 spiro atoms. The lowest BCUT2D eigenvalue weighted by atomic mass is 10.1. The maximum absolute atomic E-state index is 14.4. The molecular weight excluding hydrogens is 265 g/mol. The van der Waals surface area contributed by atoms with Crippen molar-refractivity contribution in [2.45, 2.75) is 45.3 Å². The quantitative estimate of drug-likeness (QED) is 0.899. The van der Waals surface area contributed by atoms with Crippen molar-refractivity contribution in [2.75, 3.05) is 31.1 Å². The van der Waals surface area contributed by atoms with Gasteiger partial charge < -0.3 is 10.2 Å². The molecule has 1 N–H and O–H groups in total. The number of rotatable bonds is 5. The summed E-state index contributed by atoms with van der Waals surface area (Å²) < 4.78 is 14.4. The van der Waals surface area contributed by atoms with Crippen LogP contribution in [0.25, 0.3) is 0 Å². The van der Waals surface area contributed by atoms with Crippen LogP contribution in [0.3, 0.4) is 0 Å². The Morgan fingerprint density at radius 3 is 2.71 bits per heavy atom. The van der Waals surface area contributed by atoms with Gasteiger partial charge in [0.25, 0.3) is 0 Å². The van der Waals surface area contributed by atoms with E-state index in [2.05, 4.69) is 35.0 Å². The second-order valence-corrected chi connectivity index (χ2v) is 6.36.